The van der Waals surface area contributed by atoms with Gasteiger partial charge in [-0.25, -0.2) is 9.67 Å². The average Bonchev–Trinajstić information content (AvgIpc) is 3.26. The molecule has 142 valence electrons. The molecule has 1 aromatic carbocycles. The molecule has 0 spiro atoms. The van der Waals surface area contributed by atoms with Gasteiger partial charge in [-0.05, 0) is 44.4 Å². The summed E-state index contributed by atoms with van der Waals surface area (Å²) < 4.78 is 5.90. The summed E-state index contributed by atoms with van der Waals surface area (Å²) >= 11 is 0. The van der Waals surface area contributed by atoms with Crippen molar-refractivity contribution < 1.29 is 0 Å². The summed E-state index contributed by atoms with van der Waals surface area (Å²) in [5.41, 5.74) is 2.96. The first-order valence-corrected chi connectivity index (χ1v) is 9.64. The van der Waals surface area contributed by atoms with Crippen LogP contribution in [0.2, 0.25) is 0 Å². The summed E-state index contributed by atoms with van der Waals surface area (Å²) in [6, 6.07) is 9.86. The van der Waals surface area contributed by atoms with Crippen molar-refractivity contribution in [3.8, 4) is 5.69 Å². The maximum Gasteiger partial charge on any atom is 0.276 e. The Labute approximate surface area is 159 Å². The van der Waals surface area contributed by atoms with E-state index >= 15 is 0 Å². The predicted molar refractivity (Wildman–Crippen MR) is 106 cm³/mol. The van der Waals surface area contributed by atoms with Crippen molar-refractivity contribution in [2.24, 2.45) is 13.0 Å². The molecule has 0 radical (unpaired) electrons. The largest absolute Gasteiger partial charge is 0.337 e. The van der Waals surface area contributed by atoms with Crippen molar-refractivity contribution in [3.05, 3.63) is 70.7 Å². The Morgan fingerprint density at radius 2 is 2.04 bits per heavy atom. The Morgan fingerprint density at radius 3 is 2.78 bits per heavy atom. The molecular formula is C21H27N5O. The van der Waals surface area contributed by atoms with Crippen LogP contribution >= 0.6 is 0 Å². The first-order chi connectivity index (χ1) is 13.1. The van der Waals surface area contributed by atoms with Gasteiger partial charge in [-0.2, -0.15) is 0 Å². The molecular weight excluding hydrogens is 338 g/mol. The molecule has 6 heteroatoms. The van der Waals surface area contributed by atoms with E-state index in [0.717, 1.165) is 43.1 Å². The van der Waals surface area contributed by atoms with Crippen molar-refractivity contribution in [3.63, 3.8) is 0 Å². The van der Waals surface area contributed by atoms with Crippen LogP contribution in [0.25, 0.3) is 5.69 Å². The SMILES string of the molecule is Cc1c(CN2CCC[C@H](Cn3ccnc3)C2)c(=O)n(-c2ccccc2)n1C. The highest BCUT2D eigenvalue weighted by Gasteiger charge is 2.24. The van der Waals surface area contributed by atoms with Crippen LogP contribution in [0, 0.1) is 12.8 Å². The summed E-state index contributed by atoms with van der Waals surface area (Å²) in [5.74, 6) is 0.605. The van der Waals surface area contributed by atoms with Crippen LogP contribution < -0.4 is 5.56 Å². The second-order valence-corrected chi connectivity index (χ2v) is 7.54. The van der Waals surface area contributed by atoms with Crippen molar-refractivity contribution in [2.45, 2.75) is 32.9 Å². The van der Waals surface area contributed by atoms with Gasteiger partial charge in [0.05, 0.1) is 17.6 Å². The van der Waals surface area contributed by atoms with Crippen LogP contribution in [0.5, 0.6) is 0 Å². The molecule has 0 N–H and O–H groups in total. The van der Waals surface area contributed by atoms with E-state index in [2.05, 4.69) is 14.5 Å². The van der Waals surface area contributed by atoms with Crippen LogP contribution in [-0.2, 0) is 20.1 Å². The molecule has 1 atom stereocenters. The Kier molecular flexibility index (Phi) is 4.99. The number of nitrogens with zero attached hydrogens (tertiary/aromatic N) is 5. The number of rotatable bonds is 5. The molecule has 1 aliphatic rings. The van der Waals surface area contributed by atoms with E-state index in [1.165, 1.54) is 12.8 Å². The molecule has 6 nitrogen and oxygen atoms in total. The molecule has 4 rings (SSSR count). The van der Waals surface area contributed by atoms with Crippen molar-refractivity contribution in [1.82, 2.24) is 23.8 Å². The number of hydrogen-bond acceptors (Lipinski definition) is 3. The molecule has 2 aromatic heterocycles. The number of benzene rings is 1. The molecule has 27 heavy (non-hydrogen) atoms. The van der Waals surface area contributed by atoms with E-state index in [4.69, 9.17) is 0 Å². The maximum absolute atomic E-state index is 13.1. The zero-order valence-corrected chi connectivity index (χ0v) is 16.1. The topological polar surface area (TPSA) is 48.0 Å². The summed E-state index contributed by atoms with van der Waals surface area (Å²) in [6.07, 6.45) is 8.16. The van der Waals surface area contributed by atoms with E-state index < -0.39 is 0 Å². The summed E-state index contributed by atoms with van der Waals surface area (Å²) in [6.45, 7) is 5.84. The quantitative estimate of drug-likeness (QED) is 0.698. The van der Waals surface area contributed by atoms with Crippen LogP contribution in [0.4, 0.5) is 0 Å². The lowest BCUT2D eigenvalue weighted by Crippen LogP contribution is -2.37. The molecule has 1 fully saturated rings. The van der Waals surface area contributed by atoms with Gasteiger partial charge in [0, 0.05) is 44.8 Å². The summed E-state index contributed by atoms with van der Waals surface area (Å²) in [4.78, 5) is 19.7. The van der Waals surface area contributed by atoms with Gasteiger partial charge < -0.3 is 4.57 Å². The van der Waals surface area contributed by atoms with Gasteiger partial charge in [-0.3, -0.25) is 14.4 Å². The van der Waals surface area contributed by atoms with Gasteiger partial charge in [0.2, 0.25) is 0 Å². The van der Waals surface area contributed by atoms with Gasteiger partial charge in [-0.15, -0.1) is 0 Å². The molecule has 3 aromatic rings. The number of imidazole rings is 1. The minimum Gasteiger partial charge on any atom is -0.337 e. The Balaban J connectivity index is 1.53. The highest BCUT2D eigenvalue weighted by molar-refractivity contribution is 5.33. The van der Waals surface area contributed by atoms with E-state index in [-0.39, 0.29) is 5.56 Å². The van der Waals surface area contributed by atoms with Crippen molar-refractivity contribution in [2.75, 3.05) is 13.1 Å². The van der Waals surface area contributed by atoms with Crippen LogP contribution in [0.15, 0.2) is 53.8 Å². The number of para-hydroxylation sites is 1. The van der Waals surface area contributed by atoms with E-state index in [1.807, 2.05) is 67.7 Å². The van der Waals surface area contributed by atoms with Crippen LogP contribution in [0.3, 0.4) is 0 Å². The molecule has 0 amide bonds. The third kappa shape index (κ3) is 3.62. The standard InChI is InChI=1S/C21H27N5O/c1-17-20(21(27)26(23(17)2)19-8-4-3-5-9-19)15-24-11-6-7-18(13-24)14-25-12-10-22-16-25/h3-5,8-10,12,16,18H,6-7,11,13-15H2,1-2H3/t18-/m0/s1. The van der Waals surface area contributed by atoms with Crippen LogP contribution in [-0.4, -0.2) is 36.9 Å². The third-order valence-electron chi connectivity index (χ3n) is 5.69. The Hall–Kier alpha value is -2.60. The first-order valence-electron chi connectivity index (χ1n) is 9.64. The Morgan fingerprint density at radius 1 is 1.22 bits per heavy atom. The predicted octanol–water partition coefficient (Wildman–Crippen LogP) is 2.59. The minimum atomic E-state index is 0.0953. The van der Waals surface area contributed by atoms with Gasteiger partial charge in [-0.1, -0.05) is 18.2 Å². The fraction of sp³-hybridized carbons (Fsp3) is 0.429. The molecule has 1 aliphatic heterocycles. The van der Waals surface area contributed by atoms with Crippen LogP contribution in [0.1, 0.15) is 24.1 Å². The zero-order valence-electron chi connectivity index (χ0n) is 16.1. The number of aromatic nitrogens is 4. The molecule has 1 saturated heterocycles. The lowest BCUT2D eigenvalue weighted by atomic mass is 9.97. The minimum absolute atomic E-state index is 0.0953. The van der Waals surface area contributed by atoms with E-state index in [9.17, 15) is 4.79 Å². The maximum atomic E-state index is 13.1. The monoisotopic (exact) mass is 365 g/mol. The first kappa shape index (κ1) is 17.8. The fourth-order valence-electron chi connectivity index (χ4n) is 4.17. The molecule has 0 aliphatic carbocycles. The molecule has 0 bridgehead atoms. The van der Waals surface area contributed by atoms with Gasteiger partial charge in [0.25, 0.3) is 5.56 Å². The summed E-state index contributed by atoms with van der Waals surface area (Å²) in [5, 5.41) is 0. The van der Waals surface area contributed by atoms with E-state index in [1.54, 1.807) is 4.68 Å². The van der Waals surface area contributed by atoms with Crippen molar-refractivity contribution >= 4 is 0 Å². The van der Waals surface area contributed by atoms with Gasteiger partial charge >= 0.3 is 0 Å². The fourth-order valence-corrected chi connectivity index (χ4v) is 4.17. The molecule has 0 unspecified atom stereocenters. The highest BCUT2D eigenvalue weighted by atomic mass is 16.1. The second-order valence-electron chi connectivity index (χ2n) is 7.54. The summed E-state index contributed by atoms with van der Waals surface area (Å²) in [7, 11) is 1.96. The zero-order chi connectivity index (χ0) is 18.8. The number of hydrogen-bond donors (Lipinski definition) is 0. The molecule has 3 heterocycles. The number of piperidine rings is 1. The van der Waals surface area contributed by atoms with Gasteiger partial charge in [0.15, 0.2) is 0 Å². The average molecular weight is 365 g/mol. The lowest BCUT2D eigenvalue weighted by molar-refractivity contribution is 0.155. The normalized spacial score (nSPS) is 18.1. The highest BCUT2D eigenvalue weighted by Crippen LogP contribution is 2.21. The van der Waals surface area contributed by atoms with Crippen molar-refractivity contribution in [1.29, 1.82) is 0 Å². The smallest absolute Gasteiger partial charge is 0.276 e. The van der Waals surface area contributed by atoms with E-state index in [0.29, 0.717) is 5.92 Å². The third-order valence-corrected chi connectivity index (χ3v) is 5.69. The Bertz CT molecular complexity index is 939. The van der Waals surface area contributed by atoms with Gasteiger partial charge in [0.1, 0.15) is 0 Å². The number of likely N-dealkylation sites (tertiary alicyclic amines) is 1. The lowest BCUT2D eigenvalue weighted by Gasteiger charge is -2.32. The second kappa shape index (κ2) is 7.56. The molecule has 0 saturated carbocycles.